The van der Waals surface area contributed by atoms with E-state index in [1.807, 2.05) is 33.3 Å². The molecule has 0 aliphatic heterocycles. The van der Waals surface area contributed by atoms with E-state index in [-0.39, 0.29) is 31.5 Å². The fraction of sp³-hybridized carbons (Fsp3) is 0.828. The molecule has 0 fully saturated rings. The second-order valence-electron chi connectivity index (χ2n) is 20.5. The topological polar surface area (TPSA) is 111 Å². The number of likely N-dealkylation sites (N-methyl/N-ethyl adjacent to an activating group) is 1. The number of hydrogen-bond acceptors (Lipinski definition) is 6. The number of nitrogens with one attached hydrogen (secondary N) is 1. The van der Waals surface area contributed by atoms with Gasteiger partial charge in [-0.15, -0.1) is 0 Å². The lowest BCUT2D eigenvalue weighted by molar-refractivity contribution is -0.870. The normalized spacial score (nSPS) is 14.2. The van der Waals surface area contributed by atoms with E-state index in [2.05, 4.69) is 62.5 Å². The fourth-order valence-electron chi connectivity index (χ4n) is 8.06. The average Bonchev–Trinajstić information content (AvgIpc) is 3.29. The van der Waals surface area contributed by atoms with Crippen LogP contribution in [-0.4, -0.2) is 74.3 Å². The monoisotopic (exact) mass is 978 g/mol. The molecule has 3 atom stereocenters. The third kappa shape index (κ3) is 49.0. The van der Waals surface area contributed by atoms with Crippen molar-refractivity contribution >= 4 is 19.7 Å². The standard InChI is InChI=1S/C58H109N2O7P/c1-7-10-13-16-19-22-25-28-29-30-31-33-36-39-42-45-48-51-58(62)67-56(49-46-43-40-37-34-27-24-21-18-15-12-9-3)55(54-66-68(63,64)65-53-52-60(4,5)6)59-57(61)50-47-44-41-38-35-32-26-23-20-17-14-11-8-2/h19,22,28-29,31,33,46,49,55-56H,7-18,20-21,23-27,30,32,34-45,47-48,50-54H2,1-6H3,(H-,59,61,63,64)/p+1/b22-19-,29-28-,33-31-,49-46+. The Labute approximate surface area is 420 Å². The van der Waals surface area contributed by atoms with E-state index in [0.717, 1.165) is 77.0 Å². The molecular formula is C58H110N2O7P+. The zero-order chi connectivity index (χ0) is 50.1. The van der Waals surface area contributed by atoms with Gasteiger partial charge in [0.1, 0.15) is 19.3 Å². The smallest absolute Gasteiger partial charge is 0.456 e. The highest BCUT2D eigenvalue weighted by molar-refractivity contribution is 7.47. The second kappa shape index (κ2) is 48.6. The van der Waals surface area contributed by atoms with Crippen molar-refractivity contribution in [3.8, 4) is 0 Å². The van der Waals surface area contributed by atoms with Gasteiger partial charge < -0.3 is 19.4 Å². The third-order valence-electron chi connectivity index (χ3n) is 12.5. The zero-order valence-electron chi connectivity index (χ0n) is 45.3. The van der Waals surface area contributed by atoms with Gasteiger partial charge in [0, 0.05) is 12.8 Å². The van der Waals surface area contributed by atoms with Gasteiger partial charge in [0.25, 0.3) is 0 Å². The Bertz CT molecular complexity index is 1310. The molecule has 0 radical (unpaired) electrons. The SMILES string of the molecule is CCCCC/C=C\C/C=C\C/C=C\CCCCCCC(=O)OC(/C=C/CCCCCCCCCCCC)C(COP(=O)(O)OCC[N+](C)(C)C)NC(=O)CCCCCCCCCCCCCCC. The van der Waals surface area contributed by atoms with Gasteiger partial charge in [0.05, 0.1) is 33.8 Å². The lowest BCUT2D eigenvalue weighted by Gasteiger charge is -2.27. The molecule has 10 heteroatoms. The van der Waals surface area contributed by atoms with Crippen LogP contribution in [0.25, 0.3) is 0 Å². The maximum atomic E-state index is 13.5. The summed E-state index contributed by atoms with van der Waals surface area (Å²) in [5.74, 6) is -0.525. The summed E-state index contributed by atoms with van der Waals surface area (Å²) in [5.41, 5.74) is 0. The van der Waals surface area contributed by atoms with Crippen molar-refractivity contribution in [3.63, 3.8) is 0 Å². The lowest BCUT2D eigenvalue weighted by atomic mass is 10.0. The molecule has 0 rings (SSSR count). The first-order valence-corrected chi connectivity index (χ1v) is 30.0. The van der Waals surface area contributed by atoms with Gasteiger partial charge >= 0.3 is 13.8 Å². The van der Waals surface area contributed by atoms with Crippen LogP contribution in [0.15, 0.2) is 48.6 Å². The van der Waals surface area contributed by atoms with Crippen molar-refractivity contribution in [1.29, 1.82) is 0 Å². The minimum atomic E-state index is -4.44. The molecule has 3 unspecified atom stereocenters. The van der Waals surface area contributed by atoms with Crippen molar-refractivity contribution in [2.45, 2.75) is 270 Å². The van der Waals surface area contributed by atoms with Crippen LogP contribution in [0, 0.1) is 0 Å². The molecule has 0 aliphatic rings. The molecular weight excluding hydrogens is 868 g/mol. The maximum Gasteiger partial charge on any atom is 0.472 e. The quantitative estimate of drug-likeness (QED) is 0.0205. The predicted octanol–water partition coefficient (Wildman–Crippen LogP) is 16.9. The first-order valence-electron chi connectivity index (χ1n) is 28.5. The first-order chi connectivity index (χ1) is 32.9. The molecule has 1 amide bonds. The van der Waals surface area contributed by atoms with E-state index in [1.165, 1.54) is 141 Å². The molecule has 0 heterocycles. The highest BCUT2D eigenvalue weighted by Gasteiger charge is 2.30. The van der Waals surface area contributed by atoms with E-state index in [4.69, 9.17) is 13.8 Å². The van der Waals surface area contributed by atoms with E-state index < -0.39 is 20.0 Å². The molecule has 0 saturated carbocycles. The van der Waals surface area contributed by atoms with Gasteiger partial charge in [-0.1, -0.05) is 224 Å². The van der Waals surface area contributed by atoms with E-state index >= 15 is 0 Å². The number of quaternary nitrogens is 1. The maximum absolute atomic E-state index is 13.5. The number of hydrogen-bond donors (Lipinski definition) is 2. The van der Waals surface area contributed by atoms with Gasteiger partial charge in [-0.25, -0.2) is 4.57 Å². The lowest BCUT2D eigenvalue weighted by Crippen LogP contribution is -2.47. The molecule has 398 valence electrons. The van der Waals surface area contributed by atoms with Crippen LogP contribution >= 0.6 is 7.82 Å². The predicted molar refractivity (Wildman–Crippen MR) is 291 cm³/mol. The summed E-state index contributed by atoms with van der Waals surface area (Å²) in [5, 5.41) is 3.04. The molecule has 2 N–H and O–H groups in total. The van der Waals surface area contributed by atoms with Crippen molar-refractivity contribution < 1.29 is 37.3 Å². The molecule has 0 aromatic carbocycles. The Balaban J connectivity index is 5.39. The Hall–Kier alpha value is -2.03. The van der Waals surface area contributed by atoms with E-state index in [1.54, 1.807) is 0 Å². The van der Waals surface area contributed by atoms with Crippen LogP contribution in [0.4, 0.5) is 0 Å². The van der Waals surface area contributed by atoms with Crippen LogP contribution in [0.5, 0.6) is 0 Å². The second-order valence-corrected chi connectivity index (χ2v) is 21.9. The summed E-state index contributed by atoms with van der Waals surface area (Å²) in [6.07, 6.45) is 58.1. The number of ether oxygens (including phenoxy) is 1. The summed E-state index contributed by atoms with van der Waals surface area (Å²) >= 11 is 0. The molecule has 0 spiro atoms. The Morgan fingerprint density at radius 3 is 1.37 bits per heavy atom. The minimum absolute atomic E-state index is 0.0372. The van der Waals surface area contributed by atoms with Crippen LogP contribution in [0.2, 0.25) is 0 Å². The van der Waals surface area contributed by atoms with Crippen molar-refractivity contribution in [3.05, 3.63) is 48.6 Å². The van der Waals surface area contributed by atoms with Gasteiger partial charge in [0.2, 0.25) is 5.91 Å². The fourth-order valence-corrected chi connectivity index (χ4v) is 8.80. The number of amides is 1. The van der Waals surface area contributed by atoms with E-state index in [0.29, 0.717) is 23.9 Å². The highest BCUT2D eigenvalue weighted by Crippen LogP contribution is 2.43. The van der Waals surface area contributed by atoms with Gasteiger partial charge in [-0.2, -0.15) is 0 Å². The number of phosphoric ester groups is 1. The molecule has 0 aromatic heterocycles. The first kappa shape index (κ1) is 66.0. The minimum Gasteiger partial charge on any atom is -0.456 e. The largest absolute Gasteiger partial charge is 0.472 e. The third-order valence-corrected chi connectivity index (χ3v) is 13.5. The van der Waals surface area contributed by atoms with Crippen molar-refractivity contribution in [1.82, 2.24) is 5.32 Å². The summed E-state index contributed by atoms with van der Waals surface area (Å²) in [6.45, 7) is 6.97. The molecule has 0 saturated heterocycles. The number of carbonyl (C=O) groups excluding carboxylic acids is 2. The number of unbranched alkanes of at least 4 members (excludes halogenated alkanes) is 29. The number of rotatable bonds is 51. The summed E-state index contributed by atoms with van der Waals surface area (Å²) in [4.78, 5) is 37.5. The summed E-state index contributed by atoms with van der Waals surface area (Å²) < 4.78 is 30.6. The molecule has 68 heavy (non-hydrogen) atoms. The number of carbonyl (C=O) groups is 2. The number of allylic oxidation sites excluding steroid dienone is 7. The Morgan fingerprint density at radius 1 is 0.515 bits per heavy atom. The molecule has 0 aromatic rings. The van der Waals surface area contributed by atoms with Crippen molar-refractivity contribution in [2.24, 2.45) is 0 Å². The van der Waals surface area contributed by atoms with Crippen molar-refractivity contribution in [2.75, 3.05) is 40.9 Å². The number of esters is 1. The Kier molecular flexibility index (Phi) is 47.1. The van der Waals surface area contributed by atoms with Crippen LogP contribution in [0.3, 0.4) is 0 Å². The molecule has 0 bridgehead atoms. The van der Waals surface area contributed by atoms with Crippen LogP contribution in [-0.2, 0) is 27.9 Å². The zero-order valence-corrected chi connectivity index (χ0v) is 46.2. The number of nitrogens with zero attached hydrogens (tertiary/aromatic N) is 1. The summed E-state index contributed by atoms with van der Waals surface area (Å²) in [7, 11) is 1.49. The number of phosphoric acid groups is 1. The van der Waals surface area contributed by atoms with Crippen LogP contribution in [0.1, 0.15) is 258 Å². The van der Waals surface area contributed by atoms with E-state index in [9.17, 15) is 19.0 Å². The van der Waals surface area contributed by atoms with Gasteiger partial charge in [0.15, 0.2) is 0 Å². The Morgan fingerprint density at radius 2 is 0.897 bits per heavy atom. The van der Waals surface area contributed by atoms with Gasteiger partial charge in [-0.05, 0) is 70.3 Å². The molecule has 9 nitrogen and oxygen atoms in total. The summed E-state index contributed by atoms with van der Waals surface area (Å²) in [6, 6.07) is -0.853. The average molecular weight is 978 g/mol. The highest BCUT2D eigenvalue weighted by atomic mass is 31.2. The van der Waals surface area contributed by atoms with Gasteiger partial charge in [-0.3, -0.25) is 18.6 Å². The van der Waals surface area contributed by atoms with Crippen LogP contribution < -0.4 is 5.32 Å². The molecule has 0 aliphatic carbocycles.